The summed E-state index contributed by atoms with van der Waals surface area (Å²) in [4.78, 5) is 4.69. The average Bonchev–Trinajstić information content (AvgIpc) is 2.83. The first-order valence-corrected chi connectivity index (χ1v) is 13.1. The second-order valence-corrected chi connectivity index (χ2v) is 8.82. The molecular formula is C29H45NO2. The third kappa shape index (κ3) is 11.7. The number of rotatable bonds is 19. The van der Waals surface area contributed by atoms with Crippen LogP contribution in [0.15, 0.2) is 42.6 Å². The van der Waals surface area contributed by atoms with Crippen LogP contribution in [0, 0.1) is 0 Å². The summed E-state index contributed by atoms with van der Waals surface area (Å²) in [5.41, 5.74) is 3.51. The quantitative estimate of drug-likeness (QED) is 0.206. The minimum atomic E-state index is 0.739. The van der Waals surface area contributed by atoms with Gasteiger partial charge in [-0.05, 0) is 68.0 Å². The maximum absolute atomic E-state index is 5.87. The Morgan fingerprint density at radius 1 is 0.625 bits per heavy atom. The molecule has 2 rings (SSSR count). The van der Waals surface area contributed by atoms with E-state index in [9.17, 15) is 0 Å². The molecular weight excluding hydrogens is 394 g/mol. The van der Waals surface area contributed by atoms with E-state index in [2.05, 4.69) is 43.1 Å². The fourth-order valence-corrected chi connectivity index (χ4v) is 3.80. The van der Waals surface area contributed by atoms with E-state index >= 15 is 0 Å². The molecule has 0 aliphatic heterocycles. The summed E-state index contributed by atoms with van der Waals surface area (Å²) in [6.45, 7) is 6.96. The number of ether oxygens (including phenoxy) is 2. The highest BCUT2D eigenvalue weighted by molar-refractivity contribution is 5.60. The Bertz CT molecular complexity index is 681. The molecule has 0 saturated carbocycles. The first kappa shape index (κ1) is 26.4. The molecule has 0 saturated heterocycles. The Morgan fingerprint density at radius 3 is 1.94 bits per heavy atom. The molecule has 1 heterocycles. The van der Waals surface area contributed by atoms with Crippen molar-refractivity contribution in [2.45, 2.75) is 97.3 Å². The molecule has 32 heavy (non-hydrogen) atoms. The van der Waals surface area contributed by atoms with E-state index in [0.29, 0.717) is 0 Å². The van der Waals surface area contributed by atoms with Crippen molar-refractivity contribution in [1.29, 1.82) is 0 Å². The van der Waals surface area contributed by atoms with Crippen molar-refractivity contribution < 1.29 is 9.47 Å². The van der Waals surface area contributed by atoms with Gasteiger partial charge in [-0.3, -0.25) is 4.98 Å². The van der Waals surface area contributed by atoms with E-state index in [-0.39, 0.29) is 0 Å². The van der Waals surface area contributed by atoms with Crippen molar-refractivity contribution in [3.63, 3.8) is 0 Å². The van der Waals surface area contributed by atoms with E-state index in [4.69, 9.17) is 9.47 Å². The molecule has 0 bridgehead atoms. The highest BCUT2D eigenvalue weighted by Crippen LogP contribution is 2.21. The van der Waals surface area contributed by atoms with Crippen molar-refractivity contribution >= 4 is 0 Å². The molecule has 0 atom stereocenters. The van der Waals surface area contributed by atoms with Gasteiger partial charge in [0.05, 0.1) is 12.3 Å². The van der Waals surface area contributed by atoms with Gasteiger partial charge in [0.15, 0.2) is 0 Å². The van der Waals surface area contributed by atoms with Gasteiger partial charge in [0, 0.05) is 25.0 Å². The van der Waals surface area contributed by atoms with Crippen LogP contribution in [0.4, 0.5) is 0 Å². The van der Waals surface area contributed by atoms with Gasteiger partial charge in [0.25, 0.3) is 0 Å². The van der Waals surface area contributed by atoms with Gasteiger partial charge >= 0.3 is 0 Å². The molecule has 1 aromatic heterocycles. The van der Waals surface area contributed by atoms with Gasteiger partial charge in [0.1, 0.15) is 5.75 Å². The first-order valence-electron chi connectivity index (χ1n) is 13.1. The third-order valence-corrected chi connectivity index (χ3v) is 5.89. The standard InChI is InChI=1S/C29H45NO2/c1-3-5-7-8-9-10-11-15-26-16-21-29(30-25-26)27-17-19-28(20-18-27)32-24-14-13-23-31-22-12-6-4-2/h16-21,25H,3-15,22-24H2,1-2H3. The molecule has 0 unspecified atom stereocenters. The normalized spacial score (nSPS) is 11.1. The molecule has 0 radical (unpaired) electrons. The maximum atomic E-state index is 5.87. The zero-order valence-corrected chi connectivity index (χ0v) is 20.6. The second-order valence-electron chi connectivity index (χ2n) is 8.82. The Morgan fingerprint density at radius 2 is 1.25 bits per heavy atom. The molecule has 178 valence electrons. The predicted octanol–water partition coefficient (Wildman–Crippen LogP) is 8.41. The minimum absolute atomic E-state index is 0.739. The van der Waals surface area contributed by atoms with Crippen molar-refractivity contribution in [3.05, 3.63) is 48.2 Å². The lowest BCUT2D eigenvalue weighted by Crippen LogP contribution is -2.01. The molecule has 3 nitrogen and oxygen atoms in total. The monoisotopic (exact) mass is 439 g/mol. The number of hydrogen-bond donors (Lipinski definition) is 0. The van der Waals surface area contributed by atoms with Crippen LogP contribution in [0.25, 0.3) is 11.3 Å². The van der Waals surface area contributed by atoms with E-state index in [0.717, 1.165) is 56.1 Å². The number of aryl methyl sites for hydroxylation is 1. The van der Waals surface area contributed by atoms with Crippen LogP contribution >= 0.6 is 0 Å². The van der Waals surface area contributed by atoms with Gasteiger partial charge < -0.3 is 9.47 Å². The van der Waals surface area contributed by atoms with Crippen molar-refractivity contribution in [1.82, 2.24) is 4.98 Å². The number of hydrogen-bond acceptors (Lipinski definition) is 3. The van der Waals surface area contributed by atoms with E-state index in [1.165, 1.54) is 69.8 Å². The molecule has 1 aromatic carbocycles. The lowest BCUT2D eigenvalue weighted by molar-refractivity contribution is 0.123. The van der Waals surface area contributed by atoms with Crippen molar-refractivity contribution in [3.8, 4) is 17.0 Å². The Labute approximate surface area is 197 Å². The van der Waals surface area contributed by atoms with Gasteiger partial charge in [0.2, 0.25) is 0 Å². The van der Waals surface area contributed by atoms with Gasteiger partial charge in [-0.2, -0.15) is 0 Å². The van der Waals surface area contributed by atoms with Crippen LogP contribution in [0.3, 0.4) is 0 Å². The fraction of sp³-hybridized carbons (Fsp3) is 0.621. The molecule has 0 N–H and O–H groups in total. The number of unbranched alkanes of at least 4 members (excludes halogenated alkanes) is 9. The van der Waals surface area contributed by atoms with E-state index in [1.807, 2.05) is 18.3 Å². The largest absolute Gasteiger partial charge is 0.494 e. The Hall–Kier alpha value is -1.87. The smallest absolute Gasteiger partial charge is 0.119 e. The van der Waals surface area contributed by atoms with Crippen LogP contribution in [-0.4, -0.2) is 24.8 Å². The summed E-state index contributed by atoms with van der Waals surface area (Å²) in [6, 6.07) is 12.7. The summed E-state index contributed by atoms with van der Waals surface area (Å²) < 4.78 is 11.5. The lowest BCUT2D eigenvalue weighted by Gasteiger charge is -2.08. The van der Waals surface area contributed by atoms with Crippen molar-refractivity contribution in [2.75, 3.05) is 19.8 Å². The topological polar surface area (TPSA) is 31.4 Å². The number of aromatic nitrogens is 1. The minimum Gasteiger partial charge on any atom is -0.494 e. The van der Waals surface area contributed by atoms with Crippen molar-refractivity contribution in [2.24, 2.45) is 0 Å². The summed E-state index contributed by atoms with van der Waals surface area (Å²) in [7, 11) is 0. The molecule has 2 aromatic rings. The maximum Gasteiger partial charge on any atom is 0.119 e. The average molecular weight is 440 g/mol. The summed E-state index contributed by atoms with van der Waals surface area (Å²) >= 11 is 0. The van der Waals surface area contributed by atoms with Gasteiger partial charge in [-0.15, -0.1) is 0 Å². The first-order chi connectivity index (χ1) is 15.8. The molecule has 0 aliphatic rings. The fourth-order valence-electron chi connectivity index (χ4n) is 3.80. The highest BCUT2D eigenvalue weighted by Gasteiger charge is 2.02. The Kier molecular flexibility index (Phi) is 14.6. The number of benzene rings is 1. The van der Waals surface area contributed by atoms with Crippen LogP contribution < -0.4 is 4.74 Å². The van der Waals surface area contributed by atoms with Crippen LogP contribution in [0.2, 0.25) is 0 Å². The highest BCUT2D eigenvalue weighted by atomic mass is 16.5. The zero-order valence-electron chi connectivity index (χ0n) is 20.6. The lowest BCUT2D eigenvalue weighted by atomic mass is 10.0. The zero-order chi connectivity index (χ0) is 22.7. The summed E-state index contributed by atoms with van der Waals surface area (Å²) in [5.74, 6) is 0.924. The van der Waals surface area contributed by atoms with Crippen LogP contribution in [0.5, 0.6) is 5.75 Å². The predicted molar refractivity (Wildman–Crippen MR) is 136 cm³/mol. The summed E-state index contributed by atoms with van der Waals surface area (Å²) in [6.07, 6.45) is 18.4. The molecule has 0 spiro atoms. The van der Waals surface area contributed by atoms with Crippen LogP contribution in [0.1, 0.15) is 96.5 Å². The van der Waals surface area contributed by atoms with Crippen LogP contribution in [-0.2, 0) is 11.2 Å². The second kappa shape index (κ2) is 17.7. The van der Waals surface area contributed by atoms with E-state index < -0.39 is 0 Å². The van der Waals surface area contributed by atoms with Gasteiger partial charge in [-0.1, -0.05) is 71.3 Å². The third-order valence-electron chi connectivity index (χ3n) is 5.89. The molecule has 0 fully saturated rings. The SMILES string of the molecule is CCCCCCCCCc1ccc(-c2ccc(OCCCCOCCCCC)cc2)nc1. The summed E-state index contributed by atoms with van der Waals surface area (Å²) in [5, 5.41) is 0. The molecule has 0 amide bonds. The van der Waals surface area contributed by atoms with E-state index in [1.54, 1.807) is 0 Å². The number of pyridine rings is 1. The number of nitrogens with zero attached hydrogens (tertiary/aromatic N) is 1. The molecule has 0 aliphatic carbocycles. The Balaban J connectivity index is 1.60. The van der Waals surface area contributed by atoms with Gasteiger partial charge in [-0.25, -0.2) is 0 Å². The molecule has 3 heteroatoms.